The number of hydrogen-bond donors (Lipinski definition) is 3. The number of carbonyl (C=O) groups is 1. The summed E-state index contributed by atoms with van der Waals surface area (Å²) in [4.78, 5) is 9.13. The molecule has 0 fully saturated rings. The molecule has 0 aromatic carbocycles. The van der Waals surface area contributed by atoms with Crippen LogP contribution in [-0.4, -0.2) is 22.7 Å². The predicted octanol–water partition coefficient (Wildman–Crippen LogP) is 2.44. The van der Waals surface area contributed by atoms with Gasteiger partial charge in [-0.15, -0.1) is 0 Å². The number of unbranched alkanes of at least 4 members (excludes halogenated alkanes) is 2. The van der Waals surface area contributed by atoms with Gasteiger partial charge in [0.1, 0.15) is 0 Å². The molecule has 0 radical (unpaired) electrons. The minimum absolute atomic E-state index is 0. The fourth-order valence-electron chi connectivity index (χ4n) is 0.595. The molecule has 0 aliphatic heterocycles. The molecular formula is C9H22N2NiO2S. The maximum Gasteiger partial charge on any atom is 0.418 e. The molecule has 1 amide bonds. The van der Waals surface area contributed by atoms with Crippen molar-refractivity contribution in [1.29, 1.82) is 0 Å². The molecule has 4 nitrogen and oxygen atoms in total. The molecule has 0 aliphatic rings. The molecule has 0 aromatic rings. The van der Waals surface area contributed by atoms with Crippen molar-refractivity contribution in [3.63, 3.8) is 0 Å². The summed E-state index contributed by atoms with van der Waals surface area (Å²) in [5.41, 5.74) is 1.44. The molecule has 0 spiro atoms. The third-order valence-electron chi connectivity index (χ3n) is 1.41. The van der Waals surface area contributed by atoms with Crippen molar-refractivity contribution in [3.8, 4) is 0 Å². The zero-order chi connectivity index (χ0) is 11.2. The molecule has 0 saturated carbocycles. The number of hydrazine groups is 1. The summed E-state index contributed by atoms with van der Waals surface area (Å²) in [6, 6.07) is 0. The third kappa shape index (κ3) is 31.5. The van der Waals surface area contributed by atoms with Crippen LogP contribution < -0.4 is 11.3 Å². The van der Waals surface area contributed by atoms with Gasteiger partial charge in [0.2, 0.25) is 0 Å². The number of carboxylic acid groups (broad SMARTS) is 1. The molecule has 96 valence electrons. The normalized spacial score (nSPS) is 8.20. The van der Waals surface area contributed by atoms with E-state index < -0.39 is 6.09 Å². The molecular weight excluding hydrogens is 259 g/mol. The number of hydrogen-bond acceptors (Lipinski definition) is 3. The SMILES string of the molecule is CCCCSCCCC.NNC(=O)O.[Ni]. The molecule has 15 heavy (non-hydrogen) atoms. The fourth-order valence-corrected chi connectivity index (χ4v) is 1.78. The van der Waals surface area contributed by atoms with Crippen molar-refractivity contribution < 1.29 is 26.4 Å². The summed E-state index contributed by atoms with van der Waals surface area (Å²) >= 11 is 2.10. The Hall–Kier alpha value is 0.0735. The van der Waals surface area contributed by atoms with Crippen LogP contribution in [0.2, 0.25) is 0 Å². The smallest absolute Gasteiger partial charge is 0.418 e. The number of amides is 1. The van der Waals surface area contributed by atoms with E-state index in [1.54, 1.807) is 0 Å². The van der Waals surface area contributed by atoms with Gasteiger partial charge in [-0.2, -0.15) is 11.8 Å². The van der Waals surface area contributed by atoms with Gasteiger partial charge in [-0.05, 0) is 24.3 Å². The van der Waals surface area contributed by atoms with Crippen LogP contribution in [-0.2, 0) is 16.5 Å². The second kappa shape index (κ2) is 19.6. The number of rotatable bonds is 6. The molecule has 0 bridgehead atoms. The summed E-state index contributed by atoms with van der Waals surface area (Å²) in [6.07, 6.45) is 4.27. The molecule has 0 rings (SSSR count). The van der Waals surface area contributed by atoms with Crippen molar-refractivity contribution in [3.05, 3.63) is 0 Å². The quantitative estimate of drug-likeness (QED) is 0.230. The van der Waals surface area contributed by atoms with Gasteiger partial charge < -0.3 is 5.11 Å². The Kier molecular flexibility index (Phi) is 26.8. The number of nitrogens with one attached hydrogen (secondary N) is 1. The molecule has 0 aliphatic carbocycles. The van der Waals surface area contributed by atoms with E-state index in [2.05, 4.69) is 31.5 Å². The standard InChI is InChI=1S/C8H18S.CH4N2O2.Ni/c1-3-5-7-9-8-6-4-2;2-3-1(4)5;/h3-8H2,1-2H3;3H,2H2,(H,4,5);. The Morgan fingerprint density at radius 1 is 1.27 bits per heavy atom. The summed E-state index contributed by atoms with van der Waals surface area (Å²) < 4.78 is 0. The first-order valence-electron chi connectivity index (χ1n) is 4.96. The number of nitrogens with two attached hydrogens (primary N) is 1. The van der Waals surface area contributed by atoms with E-state index in [-0.39, 0.29) is 16.5 Å². The van der Waals surface area contributed by atoms with Crippen LogP contribution >= 0.6 is 11.8 Å². The summed E-state index contributed by atoms with van der Waals surface area (Å²) in [7, 11) is 0. The average molecular weight is 281 g/mol. The van der Waals surface area contributed by atoms with Crippen molar-refractivity contribution in [2.75, 3.05) is 11.5 Å². The Morgan fingerprint density at radius 2 is 1.60 bits per heavy atom. The van der Waals surface area contributed by atoms with Gasteiger partial charge in [0.15, 0.2) is 0 Å². The first-order chi connectivity index (χ1) is 6.68. The zero-order valence-corrected chi connectivity index (χ0v) is 11.2. The third-order valence-corrected chi connectivity index (χ3v) is 2.56. The molecule has 4 N–H and O–H groups in total. The van der Waals surface area contributed by atoms with Gasteiger partial charge in [-0.1, -0.05) is 26.7 Å². The monoisotopic (exact) mass is 280 g/mol. The minimum Gasteiger partial charge on any atom is -0.464 e. The topological polar surface area (TPSA) is 75.3 Å². The van der Waals surface area contributed by atoms with Crippen LogP contribution in [0, 0.1) is 0 Å². The first kappa shape index (κ1) is 20.5. The van der Waals surface area contributed by atoms with Gasteiger partial charge in [-0.25, -0.2) is 10.6 Å². The van der Waals surface area contributed by atoms with Crippen LogP contribution in [0.15, 0.2) is 0 Å². The van der Waals surface area contributed by atoms with Gasteiger partial charge in [0, 0.05) is 16.5 Å². The van der Waals surface area contributed by atoms with Crippen LogP contribution in [0.25, 0.3) is 0 Å². The van der Waals surface area contributed by atoms with Crippen molar-refractivity contribution in [2.45, 2.75) is 39.5 Å². The predicted molar refractivity (Wildman–Crippen MR) is 62.5 cm³/mol. The Morgan fingerprint density at radius 3 is 1.80 bits per heavy atom. The maximum atomic E-state index is 9.13. The van der Waals surface area contributed by atoms with Crippen molar-refractivity contribution >= 4 is 17.9 Å². The average Bonchev–Trinajstić information content (AvgIpc) is 2.19. The summed E-state index contributed by atoms with van der Waals surface area (Å²) in [6.45, 7) is 4.50. The van der Waals surface area contributed by atoms with E-state index in [0.29, 0.717) is 0 Å². The van der Waals surface area contributed by atoms with Gasteiger partial charge in [0.25, 0.3) is 0 Å². The van der Waals surface area contributed by atoms with Crippen LogP contribution in [0.4, 0.5) is 4.79 Å². The first-order valence-corrected chi connectivity index (χ1v) is 6.11. The van der Waals surface area contributed by atoms with E-state index in [1.807, 2.05) is 0 Å². The van der Waals surface area contributed by atoms with E-state index >= 15 is 0 Å². The van der Waals surface area contributed by atoms with E-state index in [1.165, 1.54) is 42.6 Å². The van der Waals surface area contributed by atoms with E-state index in [4.69, 9.17) is 9.90 Å². The van der Waals surface area contributed by atoms with Gasteiger partial charge >= 0.3 is 6.09 Å². The summed E-state index contributed by atoms with van der Waals surface area (Å²) in [5.74, 6) is 7.06. The van der Waals surface area contributed by atoms with E-state index in [0.717, 1.165) is 0 Å². The Balaban J connectivity index is -0.000000208. The second-order valence-electron chi connectivity index (χ2n) is 2.77. The molecule has 0 aromatic heterocycles. The van der Waals surface area contributed by atoms with Gasteiger partial charge in [0.05, 0.1) is 0 Å². The molecule has 0 saturated heterocycles. The molecule has 0 atom stereocenters. The Labute approximate surface area is 107 Å². The van der Waals surface area contributed by atoms with Gasteiger partial charge in [-0.3, -0.25) is 5.43 Å². The van der Waals surface area contributed by atoms with Crippen LogP contribution in [0.3, 0.4) is 0 Å². The van der Waals surface area contributed by atoms with E-state index in [9.17, 15) is 0 Å². The number of thioether (sulfide) groups is 1. The minimum atomic E-state index is -1.22. The zero-order valence-electron chi connectivity index (χ0n) is 9.40. The summed E-state index contributed by atoms with van der Waals surface area (Å²) in [5, 5.41) is 7.49. The van der Waals surface area contributed by atoms with Crippen molar-refractivity contribution in [1.82, 2.24) is 5.43 Å². The van der Waals surface area contributed by atoms with Crippen LogP contribution in [0.5, 0.6) is 0 Å². The second-order valence-corrected chi connectivity index (χ2v) is 3.99. The maximum absolute atomic E-state index is 9.13. The largest absolute Gasteiger partial charge is 0.464 e. The fraction of sp³-hybridized carbons (Fsp3) is 0.889. The van der Waals surface area contributed by atoms with Crippen LogP contribution in [0.1, 0.15) is 39.5 Å². The molecule has 0 unspecified atom stereocenters. The molecule has 6 heteroatoms. The Bertz CT molecular complexity index is 123. The van der Waals surface area contributed by atoms with Crippen molar-refractivity contribution in [2.24, 2.45) is 5.84 Å². The molecule has 0 heterocycles.